The van der Waals surface area contributed by atoms with Gasteiger partial charge in [0.2, 0.25) is 0 Å². The Morgan fingerprint density at radius 3 is 2.76 bits per heavy atom. The number of hydrogen-bond donors (Lipinski definition) is 2. The quantitative estimate of drug-likeness (QED) is 0.743. The van der Waals surface area contributed by atoms with Crippen molar-refractivity contribution < 1.29 is 4.74 Å². The highest BCUT2D eigenvalue weighted by Gasteiger charge is 2.08. The number of methoxy groups -OCH3 is 1. The molecule has 0 spiro atoms. The van der Waals surface area contributed by atoms with Crippen molar-refractivity contribution in [1.82, 2.24) is 4.98 Å². The van der Waals surface area contributed by atoms with Crippen molar-refractivity contribution in [1.29, 1.82) is 0 Å². The van der Waals surface area contributed by atoms with Gasteiger partial charge in [0, 0.05) is 24.0 Å². The Labute approximate surface area is 125 Å². The van der Waals surface area contributed by atoms with Crippen LogP contribution in [0.2, 0.25) is 0 Å². The summed E-state index contributed by atoms with van der Waals surface area (Å²) in [4.78, 5) is 3.31. The van der Waals surface area contributed by atoms with E-state index in [4.69, 9.17) is 4.74 Å². The van der Waals surface area contributed by atoms with Crippen molar-refractivity contribution in [2.24, 2.45) is 0 Å². The van der Waals surface area contributed by atoms with Gasteiger partial charge in [0.1, 0.15) is 5.75 Å². The highest BCUT2D eigenvalue weighted by Crippen LogP contribution is 2.29. The number of fused-ring (bicyclic) bond motifs is 1. The van der Waals surface area contributed by atoms with Crippen LogP contribution in [0.15, 0.2) is 42.6 Å². The Hall–Kier alpha value is -2.42. The molecule has 3 aromatic rings. The van der Waals surface area contributed by atoms with Gasteiger partial charge in [-0.2, -0.15) is 0 Å². The molecule has 0 saturated heterocycles. The summed E-state index contributed by atoms with van der Waals surface area (Å²) in [5, 5.41) is 4.76. The van der Waals surface area contributed by atoms with Gasteiger partial charge >= 0.3 is 0 Å². The second kappa shape index (κ2) is 5.52. The molecule has 0 aliphatic carbocycles. The van der Waals surface area contributed by atoms with Gasteiger partial charge in [-0.15, -0.1) is 0 Å². The molecule has 3 rings (SSSR count). The topological polar surface area (TPSA) is 37.0 Å². The zero-order valence-electron chi connectivity index (χ0n) is 12.7. The predicted octanol–water partition coefficient (Wildman–Crippen LogP) is 4.41. The van der Waals surface area contributed by atoms with E-state index in [0.29, 0.717) is 0 Å². The van der Waals surface area contributed by atoms with E-state index in [-0.39, 0.29) is 0 Å². The van der Waals surface area contributed by atoms with E-state index in [1.54, 1.807) is 7.11 Å². The fourth-order valence-corrected chi connectivity index (χ4v) is 2.82. The minimum atomic E-state index is 0.783. The number of anilines is 1. The Kier molecular flexibility index (Phi) is 3.57. The summed E-state index contributed by atoms with van der Waals surface area (Å²) in [6.07, 6.45) is 1.98. The first-order valence-corrected chi connectivity index (χ1v) is 7.13. The summed E-state index contributed by atoms with van der Waals surface area (Å²) in [7, 11) is 1.72. The van der Waals surface area contributed by atoms with Crippen LogP contribution < -0.4 is 10.1 Å². The average Bonchev–Trinajstić information content (AvgIpc) is 2.96. The second-order valence-corrected chi connectivity index (χ2v) is 5.30. The molecule has 0 bridgehead atoms. The van der Waals surface area contributed by atoms with E-state index in [1.807, 2.05) is 6.20 Å². The van der Waals surface area contributed by atoms with Crippen molar-refractivity contribution in [3.63, 3.8) is 0 Å². The van der Waals surface area contributed by atoms with E-state index in [9.17, 15) is 0 Å². The zero-order valence-corrected chi connectivity index (χ0v) is 12.7. The van der Waals surface area contributed by atoms with Crippen molar-refractivity contribution in [3.05, 3.63) is 59.3 Å². The molecule has 0 unspecified atom stereocenters. The van der Waals surface area contributed by atoms with E-state index in [0.717, 1.165) is 29.1 Å². The lowest BCUT2D eigenvalue weighted by molar-refractivity contribution is 0.409. The molecule has 3 nitrogen and oxygen atoms in total. The molecule has 0 amide bonds. The predicted molar refractivity (Wildman–Crippen MR) is 88.1 cm³/mol. The van der Waals surface area contributed by atoms with Gasteiger partial charge in [-0.05, 0) is 42.5 Å². The molecule has 3 heteroatoms. The van der Waals surface area contributed by atoms with Crippen molar-refractivity contribution in [3.8, 4) is 5.75 Å². The third kappa shape index (κ3) is 2.47. The van der Waals surface area contributed by atoms with Gasteiger partial charge in [0.15, 0.2) is 0 Å². The number of H-pyrrole nitrogens is 1. The molecule has 0 radical (unpaired) electrons. The molecule has 1 aromatic heterocycles. The number of aromatic amines is 1. The molecule has 0 aliphatic heterocycles. The number of aryl methyl sites for hydroxylation is 1. The first-order chi connectivity index (χ1) is 10.2. The maximum absolute atomic E-state index is 5.48. The van der Waals surface area contributed by atoms with E-state index in [1.165, 1.54) is 16.5 Å². The fourth-order valence-electron chi connectivity index (χ4n) is 2.82. The normalized spacial score (nSPS) is 10.8. The minimum absolute atomic E-state index is 0.783. The lowest BCUT2D eigenvalue weighted by Crippen LogP contribution is -2.03. The molecule has 108 valence electrons. The maximum Gasteiger partial charge on any atom is 0.126 e. The smallest absolute Gasteiger partial charge is 0.126 e. The molecule has 2 aromatic carbocycles. The number of benzene rings is 2. The highest BCUT2D eigenvalue weighted by atomic mass is 16.5. The van der Waals surface area contributed by atoms with Crippen LogP contribution in [0.3, 0.4) is 0 Å². The average molecular weight is 280 g/mol. The molecule has 1 heterocycles. The first kappa shape index (κ1) is 13.6. The van der Waals surface area contributed by atoms with Gasteiger partial charge in [-0.1, -0.05) is 24.3 Å². The van der Waals surface area contributed by atoms with Crippen LogP contribution in [0.1, 0.15) is 16.7 Å². The zero-order chi connectivity index (χ0) is 14.8. The summed E-state index contributed by atoms with van der Waals surface area (Å²) in [5.74, 6) is 0.957. The van der Waals surface area contributed by atoms with Crippen LogP contribution in [0, 0.1) is 13.8 Å². The van der Waals surface area contributed by atoms with Crippen LogP contribution in [0.4, 0.5) is 5.69 Å². The SMILES string of the molecule is COc1c(C)ccc(NCc2cccc3cc[nH]c23)c1C. The second-order valence-electron chi connectivity index (χ2n) is 5.30. The monoisotopic (exact) mass is 280 g/mol. The van der Waals surface area contributed by atoms with Crippen molar-refractivity contribution in [2.45, 2.75) is 20.4 Å². The number of para-hydroxylation sites is 1. The Morgan fingerprint density at radius 1 is 1.10 bits per heavy atom. The third-order valence-electron chi connectivity index (χ3n) is 3.95. The Morgan fingerprint density at radius 2 is 1.95 bits per heavy atom. The van der Waals surface area contributed by atoms with Crippen molar-refractivity contribution in [2.75, 3.05) is 12.4 Å². The Balaban J connectivity index is 1.87. The van der Waals surface area contributed by atoms with Crippen LogP contribution >= 0.6 is 0 Å². The summed E-state index contributed by atoms with van der Waals surface area (Å²) in [6, 6.07) is 12.7. The summed E-state index contributed by atoms with van der Waals surface area (Å²) < 4.78 is 5.48. The number of rotatable bonds is 4. The number of hydrogen-bond acceptors (Lipinski definition) is 2. The van der Waals surface area contributed by atoms with E-state index >= 15 is 0 Å². The van der Waals surface area contributed by atoms with Crippen LogP contribution in [0.25, 0.3) is 10.9 Å². The van der Waals surface area contributed by atoms with Gasteiger partial charge in [0.25, 0.3) is 0 Å². The van der Waals surface area contributed by atoms with E-state index in [2.05, 4.69) is 60.5 Å². The lowest BCUT2D eigenvalue weighted by Gasteiger charge is -2.15. The first-order valence-electron chi connectivity index (χ1n) is 7.13. The van der Waals surface area contributed by atoms with Crippen LogP contribution in [-0.4, -0.2) is 12.1 Å². The molecule has 2 N–H and O–H groups in total. The number of ether oxygens (including phenoxy) is 1. The maximum atomic E-state index is 5.48. The lowest BCUT2D eigenvalue weighted by atomic mass is 10.1. The molecule has 0 saturated carbocycles. The molecule has 0 atom stereocenters. The minimum Gasteiger partial charge on any atom is -0.496 e. The summed E-state index contributed by atoms with van der Waals surface area (Å²) in [5.41, 5.74) is 5.88. The van der Waals surface area contributed by atoms with Gasteiger partial charge in [-0.3, -0.25) is 0 Å². The van der Waals surface area contributed by atoms with E-state index < -0.39 is 0 Å². The molecular weight excluding hydrogens is 260 g/mol. The van der Waals surface area contributed by atoms with Gasteiger partial charge < -0.3 is 15.0 Å². The third-order valence-corrected chi connectivity index (χ3v) is 3.95. The van der Waals surface area contributed by atoms with Crippen LogP contribution in [0.5, 0.6) is 5.75 Å². The van der Waals surface area contributed by atoms with Crippen LogP contribution in [-0.2, 0) is 6.54 Å². The summed E-state index contributed by atoms with van der Waals surface area (Å²) in [6.45, 7) is 4.93. The van der Waals surface area contributed by atoms with Gasteiger partial charge in [0.05, 0.1) is 12.6 Å². The Bertz CT molecular complexity index is 774. The summed E-state index contributed by atoms with van der Waals surface area (Å²) >= 11 is 0. The highest BCUT2D eigenvalue weighted by molar-refractivity contribution is 5.82. The fraction of sp³-hybridized carbons (Fsp3) is 0.222. The molecule has 0 aliphatic rings. The van der Waals surface area contributed by atoms with Gasteiger partial charge in [-0.25, -0.2) is 0 Å². The largest absolute Gasteiger partial charge is 0.496 e. The molecule has 0 fully saturated rings. The number of aromatic nitrogens is 1. The van der Waals surface area contributed by atoms with Crippen molar-refractivity contribution >= 4 is 16.6 Å². The molecular formula is C18H20N2O. The standard InChI is InChI=1S/C18H20N2O/c1-12-7-8-16(13(2)18(12)21-3)20-11-15-6-4-5-14-9-10-19-17(14)15/h4-10,19-20H,11H2,1-3H3. The molecule has 21 heavy (non-hydrogen) atoms. The number of nitrogens with one attached hydrogen (secondary N) is 2.